The lowest BCUT2D eigenvalue weighted by atomic mass is 10.0. The molecule has 0 radical (unpaired) electrons. The van der Waals surface area contributed by atoms with E-state index in [4.69, 9.17) is 9.47 Å². The summed E-state index contributed by atoms with van der Waals surface area (Å²) in [7, 11) is 0. The predicted octanol–water partition coefficient (Wildman–Crippen LogP) is 2.87. The van der Waals surface area contributed by atoms with Gasteiger partial charge < -0.3 is 19.7 Å². The molecule has 1 aliphatic rings. The Kier molecular flexibility index (Phi) is 8.49. The monoisotopic (exact) mass is 468 g/mol. The lowest BCUT2D eigenvalue weighted by Gasteiger charge is -2.34. The van der Waals surface area contributed by atoms with Gasteiger partial charge in [-0.15, -0.1) is 0 Å². The highest BCUT2D eigenvalue weighted by Crippen LogP contribution is 2.29. The maximum atomic E-state index is 12.8. The van der Waals surface area contributed by atoms with Crippen LogP contribution in [0, 0.1) is 5.92 Å². The van der Waals surface area contributed by atoms with Crippen LogP contribution < -0.4 is 10.1 Å². The van der Waals surface area contributed by atoms with Gasteiger partial charge in [-0.1, -0.05) is 43.6 Å². The van der Waals surface area contributed by atoms with Crippen molar-refractivity contribution in [3.05, 3.63) is 28.2 Å². The molecule has 29 heavy (non-hydrogen) atoms. The van der Waals surface area contributed by atoms with E-state index < -0.39 is 12.0 Å². The fraction of sp³-hybridized carbons (Fsp3) is 0.571. The lowest BCUT2D eigenvalue weighted by molar-refractivity contribution is -0.153. The van der Waals surface area contributed by atoms with Crippen LogP contribution >= 0.6 is 15.9 Å². The molecular weight excluding hydrogens is 440 g/mol. The molecular formula is C21H29BrN2O5. The molecule has 8 heteroatoms. The van der Waals surface area contributed by atoms with Crippen molar-refractivity contribution in [2.45, 2.75) is 46.1 Å². The number of ether oxygens (including phenoxy) is 2. The van der Waals surface area contributed by atoms with Gasteiger partial charge in [-0.05, 0) is 35.6 Å². The average Bonchev–Trinajstić information content (AvgIpc) is 2.66. The zero-order chi connectivity index (χ0) is 21.6. The van der Waals surface area contributed by atoms with Crippen molar-refractivity contribution in [3.8, 4) is 5.75 Å². The molecule has 1 aromatic carbocycles. The summed E-state index contributed by atoms with van der Waals surface area (Å²) in [6.45, 7) is 8.71. The van der Waals surface area contributed by atoms with Crippen molar-refractivity contribution < 1.29 is 23.9 Å². The van der Waals surface area contributed by atoms with Crippen LogP contribution in [0.1, 0.15) is 45.6 Å². The number of hydrogen-bond donors (Lipinski definition) is 1. The van der Waals surface area contributed by atoms with Crippen LogP contribution in [0.25, 0.3) is 0 Å². The van der Waals surface area contributed by atoms with Gasteiger partial charge >= 0.3 is 5.97 Å². The van der Waals surface area contributed by atoms with E-state index in [-0.39, 0.29) is 43.3 Å². The Labute approximate surface area is 180 Å². The lowest BCUT2D eigenvalue weighted by Crippen LogP contribution is -2.58. The van der Waals surface area contributed by atoms with Gasteiger partial charge in [0.15, 0.2) is 6.61 Å². The second-order valence-electron chi connectivity index (χ2n) is 7.80. The van der Waals surface area contributed by atoms with Crippen LogP contribution in [-0.2, 0) is 19.1 Å². The number of halogens is 1. The Morgan fingerprint density at radius 3 is 2.66 bits per heavy atom. The van der Waals surface area contributed by atoms with Gasteiger partial charge in [-0.3, -0.25) is 14.4 Å². The Bertz CT molecular complexity index is 751. The fourth-order valence-corrected chi connectivity index (χ4v) is 3.40. The third-order valence-corrected chi connectivity index (χ3v) is 5.03. The molecule has 1 N–H and O–H groups in total. The highest BCUT2D eigenvalue weighted by Gasteiger charge is 2.35. The van der Waals surface area contributed by atoms with E-state index in [1.165, 1.54) is 4.90 Å². The SMILES string of the molecule is CC(C)COC(=O)CC1C(=O)NCCN1C(=O)COc1ccc(Br)cc1C(C)C. The van der Waals surface area contributed by atoms with Crippen molar-refractivity contribution in [1.29, 1.82) is 0 Å². The minimum atomic E-state index is -0.881. The van der Waals surface area contributed by atoms with Crippen molar-refractivity contribution in [2.75, 3.05) is 26.3 Å². The molecule has 160 valence electrons. The van der Waals surface area contributed by atoms with Crippen molar-refractivity contribution >= 4 is 33.7 Å². The van der Waals surface area contributed by atoms with E-state index in [1.807, 2.05) is 45.9 Å². The first-order valence-corrected chi connectivity index (χ1v) is 10.6. The highest BCUT2D eigenvalue weighted by atomic mass is 79.9. The number of nitrogens with one attached hydrogen (secondary N) is 1. The number of carbonyl (C=O) groups is 3. The number of hydrogen-bond acceptors (Lipinski definition) is 5. The van der Waals surface area contributed by atoms with E-state index in [2.05, 4.69) is 21.2 Å². The zero-order valence-corrected chi connectivity index (χ0v) is 19.0. The maximum absolute atomic E-state index is 12.8. The van der Waals surface area contributed by atoms with Gasteiger partial charge in [-0.2, -0.15) is 0 Å². The Morgan fingerprint density at radius 2 is 2.00 bits per heavy atom. The van der Waals surface area contributed by atoms with Gasteiger partial charge in [-0.25, -0.2) is 0 Å². The number of nitrogens with zero attached hydrogens (tertiary/aromatic N) is 1. The Hall–Kier alpha value is -2.09. The number of benzene rings is 1. The summed E-state index contributed by atoms with van der Waals surface area (Å²) in [5.74, 6) is -0.120. The summed E-state index contributed by atoms with van der Waals surface area (Å²) in [6.07, 6.45) is -0.167. The molecule has 2 amide bonds. The number of carbonyl (C=O) groups excluding carboxylic acids is 3. The highest BCUT2D eigenvalue weighted by molar-refractivity contribution is 9.10. The third-order valence-electron chi connectivity index (χ3n) is 4.53. The summed E-state index contributed by atoms with van der Waals surface area (Å²) in [6, 6.07) is 4.75. The molecule has 1 aliphatic heterocycles. The first-order chi connectivity index (χ1) is 13.7. The molecule has 7 nitrogen and oxygen atoms in total. The van der Waals surface area contributed by atoms with Gasteiger partial charge in [0.2, 0.25) is 5.91 Å². The Morgan fingerprint density at radius 1 is 1.28 bits per heavy atom. The smallest absolute Gasteiger partial charge is 0.308 e. The van der Waals surface area contributed by atoms with Crippen LogP contribution in [0.15, 0.2) is 22.7 Å². The van der Waals surface area contributed by atoms with E-state index >= 15 is 0 Å². The normalized spacial score (nSPS) is 16.7. The standard InChI is InChI=1S/C21H29BrN2O5/c1-13(2)11-29-20(26)10-17-21(27)23-7-8-24(17)19(25)12-28-18-6-5-15(22)9-16(18)14(3)4/h5-6,9,13-14,17H,7-8,10-12H2,1-4H3,(H,23,27). The predicted molar refractivity (Wildman–Crippen MR) is 113 cm³/mol. The minimum absolute atomic E-state index is 0.167. The molecule has 0 bridgehead atoms. The topological polar surface area (TPSA) is 84.9 Å². The quantitative estimate of drug-likeness (QED) is 0.592. The van der Waals surface area contributed by atoms with Crippen LogP contribution in [-0.4, -0.2) is 55.0 Å². The van der Waals surface area contributed by atoms with E-state index in [0.717, 1.165) is 10.0 Å². The molecule has 0 aliphatic carbocycles. The fourth-order valence-electron chi connectivity index (χ4n) is 3.02. The van der Waals surface area contributed by atoms with Crippen molar-refractivity contribution in [3.63, 3.8) is 0 Å². The molecule has 1 aromatic rings. The second-order valence-corrected chi connectivity index (χ2v) is 8.72. The van der Waals surface area contributed by atoms with Crippen molar-refractivity contribution in [2.24, 2.45) is 5.92 Å². The van der Waals surface area contributed by atoms with Crippen molar-refractivity contribution in [1.82, 2.24) is 10.2 Å². The molecule has 0 aromatic heterocycles. The summed E-state index contributed by atoms with van der Waals surface area (Å²) in [5, 5.41) is 2.70. The summed E-state index contributed by atoms with van der Waals surface area (Å²) < 4.78 is 11.9. The molecule has 1 atom stereocenters. The zero-order valence-electron chi connectivity index (χ0n) is 17.4. The Balaban J connectivity index is 2.03. The largest absolute Gasteiger partial charge is 0.483 e. The number of rotatable bonds is 8. The summed E-state index contributed by atoms with van der Waals surface area (Å²) in [5.41, 5.74) is 0.984. The number of amides is 2. The molecule has 2 rings (SSSR count). The first-order valence-electron chi connectivity index (χ1n) is 9.84. The van der Waals surface area contributed by atoms with Crippen LogP contribution in [0.5, 0.6) is 5.75 Å². The molecule has 0 spiro atoms. The molecule has 1 fully saturated rings. The minimum Gasteiger partial charge on any atom is -0.483 e. The van der Waals surface area contributed by atoms with Gasteiger partial charge in [0.05, 0.1) is 13.0 Å². The molecule has 1 heterocycles. The maximum Gasteiger partial charge on any atom is 0.308 e. The summed E-state index contributed by atoms with van der Waals surface area (Å²) >= 11 is 3.45. The van der Waals surface area contributed by atoms with Crippen LogP contribution in [0.4, 0.5) is 0 Å². The van der Waals surface area contributed by atoms with E-state index in [9.17, 15) is 14.4 Å². The van der Waals surface area contributed by atoms with Gasteiger partial charge in [0.25, 0.3) is 5.91 Å². The van der Waals surface area contributed by atoms with Gasteiger partial charge in [0.1, 0.15) is 11.8 Å². The molecule has 0 saturated carbocycles. The van der Waals surface area contributed by atoms with E-state index in [0.29, 0.717) is 18.8 Å². The van der Waals surface area contributed by atoms with Crippen LogP contribution in [0.3, 0.4) is 0 Å². The second kappa shape index (κ2) is 10.6. The molecule has 1 saturated heterocycles. The van der Waals surface area contributed by atoms with E-state index in [1.54, 1.807) is 0 Å². The van der Waals surface area contributed by atoms with Crippen LogP contribution in [0.2, 0.25) is 0 Å². The average molecular weight is 469 g/mol. The number of piperazine rings is 1. The number of esters is 1. The third kappa shape index (κ3) is 6.73. The summed E-state index contributed by atoms with van der Waals surface area (Å²) in [4.78, 5) is 38.6. The first kappa shape index (κ1) is 23.2. The molecule has 1 unspecified atom stereocenters. The van der Waals surface area contributed by atoms with Gasteiger partial charge in [0, 0.05) is 17.6 Å².